The number of fused-ring (bicyclic) bond motifs is 2. The lowest BCUT2D eigenvalue weighted by molar-refractivity contribution is -0.125. The standard InChI is InChI=1S/C15H28N4O/c1-10-8-17-14(9-16-10)15(20)18-11-6-12-4-3-5-13(7-11)19(12)2/h10-14,16-17H,3-9H2,1-2H3,(H,18,20). The van der Waals surface area contributed by atoms with Crippen LogP contribution in [0, 0.1) is 0 Å². The summed E-state index contributed by atoms with van der Waals surface area (Å²) in [6.45, 7) is 3.75. The molecule has 5 heteroatoms. The van der Waals surface area contributed by atoms with E-state index in [-0.39, 0.29) is 11.9 Å². The molecule has 3 aliphatic heterocycles. The monoisotopic (exact) mass is 280 g/mol. The number of carbonyl (C=O) groups excluding carboxylic acids is 1. The molecule has 2 bridgehead atoms. The van der Waals surface area contributed by atoms with Gasteiger partial charge >= 0.3 is 0 Å². The van der Waals surface area contributed by atoms with Crippen LogP contribution < -0.4 is 16.0 Å². The molecule has 0 saturated carbocycles. The second-order valence-electron chi connectivity index (χ2n) is 6.85. The summed E-state index contributed by atoms with van der Waals surface area (Å²) in [7, 11) is 2.25. The van der Waals surface area contributed by atoms with Crippen molar-refractivity contribution < 1.29 is 4.79 Å². The van der Waals surface area contributed by atoms with E-state index in [0.29, 0.717) is 24.2 Å². The molecule has 4 atom stereocenters. The Hall–Kier alpha value is -0.650. The molecule has 1 amide bonds. The highest BCUT2D eigenvalue weighted by molar-refractivity contribution is 5.82. The first-order valence-electron chi connectivity index (χ1n) is 8.12. The van der Waals surface area contributed by atoms with Crippen LogP contribution in [0.3, 0.4) is 0 Å². The predicted octanol–water partition coefficient (Wildman–Crippen LogP) is 0.0678. The topological polar surface area (TPSA) is 56.4 Å². The van der Waals surface area contributed by atoms with Crippen molar-refractivity contribution >= 4 is 5.91 Å². The first-order valence-corrected chi connectivity index (χ1v) is 8.12. The van der Waals surface area contributed by atoms with Crippen molar-refractivity contribution in [1.29, 1.82) is 0 Å². The van der Waals surface area contributed by atoms with E-state index < -0.39 is 0 Å². The molecule has 0 aliphatic carbocycles. The van der Waals surface area contributed by atoms with Crippen LogP contribution >= 0.6 is 0 Å². The molecule has 3 N–H and O–H groups in total. The molecule has 3 saturated heterocycles. The van der Waals surface area contributed by atoms with E-state index in [1.165, 1.54) is 19.3 Å². The van der Waals surface area contributed by atoms with Gasteiger partial charge in [0.1, 0.15) is 0 Å². The van der Waals surface area contributed by atoms with E-state index >= 15 is 0 Å². The summed E-state index contributed by atoms with van der Waals surface area (Å²) in [5.74, 6) is 0.178. The Kier molecular flexibility index (Phi) is 4.29. The molecule has 0 radical (unpaired) electrons. The van der Waals surface area contributed by atoms with Crippen molar-refractivity contribution in [3.05, 3.63) is 0 Å². The summed E-state index contributed by atoms with van der Waals surface area (Å²) in [6, 6.07) is 2.11. The van der Waals surface area contributed by atoms with Gasteiger partial charge in [-0.3, -0.25) is 4.79 Å². The van der Waals surface area contributed by atoms with Gasteiger partial charge in [0.25, 0.3) is 0 Å². The Balaban J connectivity index is 1.52. The average molecular weight is 280 g/mol. The van der Waals surface area contributed by atoms with Gasteiger partial charge in [-0.2, -0.15) is 0 Å². The number of rotatable bonds is 2. The van der Waals surface area contributed by atoms with Gasteiger partial charge in [0.15, 0.2) is 0 Å². The van der Waals surface area contributed by atoms with Gasteiger partial charge in [-0.05, 0) is 39.7 Å². The maximum atomic E-state index is 12.3. The lowest BCUT2D eigenvalue weighted by Gasteiger charge is -2.47. The first kappa shape index (κ1) is 14.3. The van der Waals surface area contributed by atoms with Crippen molar-refractivity contribution in [2.45, 2.75) is 69.2 Å². The zero-order chi connectivity index (χ0) is 14.1. The number of carbonyl (C=O) groups is 1. The third-order valence-electron chi connectivity index (χ3n) is 5.34. The van der Waals surface area contributed by atoms with Crippen LogP contribution in [0.1, 0.15) is 39.0 Å². The van der Waals surface area contributed by atoms with E-state index in [2.05, 4.69) is 34.8 Å². The lowest BCUT2D eigenvalue weighted by atomic mass is 9.82. The largest absolute Gasteiger partial charge is 0.352 e. The number of nitrogens with zero attached hydrogens (tertiary/aromatic N) is 1. The molecule has 20 heavy (non-hydrogen) atoms. The molecule has 3 rings (SSSR count). The fourth-order valence-corrected chi connectivity index (χ4v) is 4.00. The van der Waals surface area contributed by atoms with Gasteiger partial charge in [-0.25, -0.2) is 0 Å². The summed E-state index contributed by atoms with van der Waals surface area (Å²) in [5, 5.41) is 9.98. The minimum atomic E-state index is -0.0642. The van der Waals surface area contributed by atoms with Gasteiger partial charge < -0.3 is 20.9 Å². The number of nitrogens with one attached hydrogen (secondary N) is 3. The van der Waals surface area contributed by atoms with Crippen molar-refractivity contribution in [3.8, 4) is 0 Å². The van der Waals surface area contributed by atoms with Gasteiger partial charge in [0.2, 0.25) is 5.91 Å². The number of hydrogen-bond acceptors (Lipinski definition) is 4. The van der Waals surface area contributed by atoms with Crippen LogP contribution in [0.15, 0.2) is 0 Å². The zero-order valence-corrected chi connectivity index (χ0v) is 12.7. The second kappa shape index (κ2) is 6.00. The van der Waals surface area contributed by atoms with Gasteiger partial charge in [0.05, 0.1) is 6.04 Å². The van der Waals surface area contributed by atoms with Crippen molar-refractivity contribution in [1.82, 2.24) is 20.9 Å². The zero-order valence-electron chi connectivity index (χ0n) is 12.7. The number of piperidine rings is 2. The van der Waals surface area contributed by atoms with E-state index in [4.69, 9.17) is 0 Å². The van der Waals surface area contributed by atoms with Crippen molar-refractivity contribution in [2.75, 3.05) is 20.1 Å². The third-order valence-corrected chi connectivity index (χ3v) is 5.34. The predicted molar refractivity (Wildman–Crippen MR) is 79.6 cm³/mol. The molecule has 5 nitrogen and oxygen atoms in total. The number of hydrogen-bond donors (Lipinski definition) is 3. The summed E-state index contributed by atoms with van der Waals surface area (Å²) in [4.78, 5) is 14.9. The SMILES string of the molecule is CC1CNC(C(=O)NC2CC3CCCC(C2)N3C)CN1. The molecule has 3 aliphatic rings. The maximum absolute atomic E-state index is 12.3. The van der Waals surface area contributed by atoms with E-state index in [1.54, 1.807) is 0 Å². The minimum Gasteiger partial charge on any atom is -0.352 e. The Bertz CT molecular complexity index is 340. The van der Waals surface area contributed by atoms with Crippen LogP contribution in [0.25, 0.3) is 0 Å². The Morgan fingerprint density at radius 1 is 1.15 bits per heavy atom. The Morgan fingerprint density at radius 2 is 1.85 bits per heavy atom. The Morgan fingerprint density at radius 3 is 2.45 bits per heavy atom. The third kappa shape index (κ3) is 3.00. The Labute approximate surface area is 121 Å². The second-order valence-corrected chi connectivity index (χ2v) is 6.85. The molecule has 4 unspecified atom stereocenters. The summed E-state index contributed by atoms with van der Waals surface area (Å²) in [5.41, 5.74) is 0. The molecule has 0 aromatic heterocycles. The van der Waals surface area contributed by atoms with Crippen LogP contribution in [0.2, 0.25) is 0 Å². The summed E-state index contributed by atoms with van der Waals surface area (Å²) in [6.07, 6.45) is 6.18. The highest BCUT2D eigenvalue weighted by Gasteiger charge is 2.37. The van der Waals surface area contributed by atoms with Crippen LogP contribution in [0.4, 0.5) is 0 Å². The molecule has 0 aromatic rings. The van der Waals surface area contributed by atoms with Gasteiger partial charge in [-0.15, -0.1) is 0 Å². The highest BCUT2D eigenvalue weighted by atomic mass is 16.2. The van der Waals surface area contributed by atoms with E-state index in [1.807, 2.05) is 0 Å². The first-order chi connectivity index (χ1) is 9.63. The van der Waals surface area contributed by atoms with Crippen molar-refractivity contribution in [3.63, 3.8) is 0 Å². The lowest BCUT2D eigenvalue weighted by Crippen LogP contribution is -2.62. The quantitative estimate of drug-likeness (QED) is 0.670. The molecular formula is C15H28N4O. The minimum absolute atomic E-state index is 0.0642. The van der Waals surface area contributed by atoms with E-state index in [0.717, 1.165) is 25.9 Å². The summed E-state index contributed by atoms with van der Waals surface area (Å²) < 4.78 is 0. The molecule has 3 fully saturated rings. The molecule has 0 spiro atoms. The average Bonchev–Trinajstić information content (AvgIpc) is 2.40. The molecule has 114 valence electrons. The molecule has 0 aromatic carbocycles. The van der Waals surface area contributed by atoms with Crippen molar-refractivity contribution in [2.24, 2.45) is 0 Å². The van der Waals surface area contributed by atoms with Crippen LogP contribution in [-0.2, 0) is 4.79 Å². The maximum Gasteiger partial charge on any atom is 0.238 e. The fraction of sp³-hybridized carbons (Fsp3) is 0.933. The molecule has 3 heterocycles. The molecular weight excluding hydrogens is 252 g/mol. The fourth-order valence-electron chi connectivity index (χ4n) is 4.00. The van der Waals surface area contributed by atoms with Gasteiger partial charge in [-0.1, -0.05) is 6.42 Å². The number of piperazine rings is 1. The smallest absolute Gasteiger partial charge is 0.238 e. The van der Waals surface area contributed by atoms with Crippen LogP contribution in [-0.4, -0.2) is 61.2 Å². The summed E-state index contributed by atoms with van der Waals surface area (Å²) >= 11 is 0. The highest BCUT2D eigenvalue weighted by Crippen LogP contribution is 2.32. The normalized spacial score (nSPS) is 42.2. The van der Waals surface area contributed by atoms with E-state index in [9.17, 15) is 4.79 Å². The van der Waals surface area contributed by atoms with Crippen LogP contribution in [0.5, 0.6) is 0 Å². The van der Waals surface area contributed by atoms with Gasteiger partial charge in [0, 0.05) is 37.3 Å². The number of amides is 1.